The standard InChI is InChI=1S/C15H22O2/c1-6-15(5)8-13-11(7-12(15)9(2)3)10(4)14(16)17-13/h6,10-13H,1-2,7-8H2,3-5H3/t10-,11+,12+,13+,15-/m0/s1. The molecule has 0 amide bonds. The monoisotopic (exact) mass is 234 g/mol. The largest absolute Gasteiger partial charge is 0.462 e. The summed E-state index contributed by atoms with van der Waals surface area (Å²) in [5.74, 6) is 0.778. The first-order valence-electron chi connectivity index (χ1n) is 6.38. The van der Waals surface area contributed by atoms with Crippen molar-refractivity contribution in [2.24, 2.45) is 23.2 Å². The molecule has 94 valence electrons. The Morgan fingerprint density at radius 2 is 2.24 bits per heavy atom. The lowest BCUT2D eigenvalue weighted by atomic mass is 9.60. The second kappa shape index (κ2) is 4.01. The fourth-order valence-electron chi connectivity index (χ4n) is 3.50. The second-order valence-electron chi connectivity index (χ2n) is 5.98. The molecule has 2 nitrogen and oxygen atoms in total. The van der Waals surface area contributed by atoms with Crippen molar-refractivity contribution in [3.05, 3.63) is 24.8 Å². The lowest BCUT2D eigenvalue weighted by Crippen LogP contribution is -2.41. The van der Waals surface area contributed by atoms with Gasteiger partial charge in [-0.3, -0.25) is 4.79 Å². The van der Waals surface area contributed by atoms with Crippen molar-refractivity contribution in [2.75, 3.05) is 0 Å². The molecule has 2 heteroatoms. The molecule has 0 aromatic heterocycles. The highest BCUT2D eigenvalue weighted by Gasteiger charge is 2.51. The Bertz CT molecular complexity index is 371. The zero-order valence-corrected chi connectivity index (χ0v) is 11.0. The molecule has 5 atom stereocenters. The second-order valence-corrected chi connectivity index (χ2v) is 5.98. The molecule has 0 N–H and O–H groups in total. The van der Waals surface area contributed by atoms with Crippen LogP contribution >= 0.6 is 0 Å². The molecule has 0 aromatic carbocycles. The van der Waals surface area contributed by atoms with Crippen LogP contribution in [0.15, 0.2) is 24.8 Å². The number of hydrogen-bond donors (Lipinski definition) is 0. The highest BCUT2D eigenvalue weighted by atomic mass is 16.6. The molecule has 1 saturated carbocycles. The molecule has 1 heterocycles. The molecule has 1 aliphatic heterocycles. The van der Waals surface area contributed by atoms with Gasteiger partial charge in [-0.15, -0.1) is 6.58 Å². The summed E-state index contributed by atoms with van der Waals surface area (Å²) in [5, 5.41) is 0. The zero-order chi connectivity index (χ0) is 12.8. The molecule has 17 heavy (non-hydrogen) atoms. The van der Waals surface area contributed by atoms with Gasteiger partial charge >= 0.3 is 5.97 Å². The van der Waals surface area contributed by atoms with Crippen LogP contribution in [0.5, 0.6) is 0 Å². The third-order valence-corrected chi connectivity index (χ3v) is 4.77. The first kappa shape index (κ1) is 12.4. The zero-order valence-electron chi connectivity index (χ0n) is 11.0. The van der Waals surface area contributed by atoms with Crippen molar-refractivity contribution in [3.8, 4) is 0 Å². The summed E-state index contributed by atoms with van der Waals surface area (Å²) in [6.07, 6.45) is 3.97. The van der Waals surface area contributed by atoms with Gasteiger partial charge in [-0.25, -0.2) is 0 Å². The molecular weight excluding hydrogens is 212 g/mol. The van der Waals surface area contributed by atoms with Gasteiger partial charge in [-0.05, 0) is 31.1 Å². The van der Waals surface area contributed by atoms with Crippen LogP contribution in [0.4, 0.5) is 0 Å². The topological polar surface area (TPSA) is 26.3 Å². The number of hydrogen-bond acceptors (Lipinski definition) is 2. The minimum atomic E-state index is -0.0335. The molecule has 0 aromatic rings. The van der Waals surface area contributed by atoms with Crippen LogP contribution in [0.2, 0.25) is 0 Å². The van der Waals surface area contributed by atoms with Crippen LogP contribution < -0.4 is 0 Å². The van der Waals surface area contributed by atoms with Crippen molar-refractivity contribution in [3.63, 3.8) is 0 Å². The van der Waals surface area contributed by atoms with E-state index in [0.717, 1.165) is 12.8 Å². The minimum Gasteiger partial charge on any atom is -0.462 e. The Morgan fingerprint density at radius 1 is 1.59 bits per heavy atom. The predicted octanol–water partition coefficient (Wildman–Crippen LogP) is 3.34. The third-order valence-electron chi connectivity index (χ3n) is 4.77. The van der Waals surface area contributed by atoms with E-state index in [1.54, 1.807) is 0 Å². The van der Waals surface area contributed by atoms with Gasteiger partial charge < -0.3 is 4.74 Å². The maximum Gasteiger partial charge on any atom is 0.309 e. The molecular formula is C15H22O2. The SMILES string of the molecule is C=C[C@@]1(C)C[C@H]2OC(=O)[C@@H](C)[C@H]2C[C@@H]1C(=C)C. The molecule has 0 spiro atoms. The van der Waals surface area contributed by atoms with Crippen LogP contribution in [-0.4, -0.2) is 12.1 Å². The number of esters is 1. The van der Waals surface area contributed by atoms with Gasteiger partial charge in [0.05, 0.1) is 5.92 Å². The molecule has 2 aliphatic rings. The van der Waals surface area contributed by atoms with Crippen LogP contribution in [0.1, 0.15) is 33.6 Å². The normalized spacial score (nSPS) is 45.0. The lowest BCUT2D eigenvalue weighted by Gasteiger charge is -2.44. The number of carbonyl (C=O) groups excluding carboxylic acids is 1. The van der Waals surface area contributed by atoms with Crippen molar-refractivity contribution < 1.29 is 9.53 Å². The quantitative estimate of drug-likeness (QED) is 0.541. The van der Waals surface area contributed by atoms with Crippen LogP contribution in [0.25, 0.3) is 0 Å². The van der Waals surface area contributed by atoms with Gasteiger partial charge in [0.15, 0.2) is 0 Å². The Kier molecular flexibility index (Phi) is 2.92. The van der Waals surface area contributed by atoms with Crippen LogP contribution in [0, 0.1) is 23.2 Å². The van der Waals surface area contributed by atoms with Gasteiger partial charge in [0.1, 0.15) is 6.10 Å². The summed E-state index contributed by atoms with van der Waals surface area (Å²) >= 11 is 0. The van der Waals surface area contributed by atoms with Gasteiger partial charge in [-0.1, -0.05) is 32.1 Å². The molecule has 0 bridgehead atoms. The Labute approximate surface area is 104 Å². The summed E-state index contributed by atoms with van der Waals surface area (Å²) in [5.41, 5.74) is 1.20. The first-order valence-corrected chi connectivity index (χ1v) is 6.38. The summed E-state index contributed by atoms with van der Waals surface area (Å²) in [4.78, 5) is 11.6. The highest BCUT2D eigenvalue weighted by molar-refractivity contribution is 5.75. The van der Waals surface area contributed by atoms with E-state index in [9.17, 15) is 4.79 Å². The Hall–Kier alpha value is -1.05. The lowest BCUT2D eigenvalue weighted by molar-refractivity contribution is -0.145. The van der Waals surface area contributed by atoms with Gasteiger partial charge in [0.2, 0.25) is 0 Å². The third kappa shape index (κ3) is 1.84. The first-order chi connectivity index (χ1) is 7.89. The van der Waals surface area contributed by atoms with Gasteiger partial charge in [0, 0.05) is 5.92 Å². The molecule has 1 saturated heterocycles. The van der Waals surface area contributed by atoms with Crippen LogP contribution in [0.3, 0.4) is 0 Å². The predicted molar refractivity (Wildman–Crippen MR) is 68.4 cm³/mol. The molecule has 2 fully saturated rings. The summed E-state index contributed by atoms with van der Waals surface area (Å²) in [6.45, 7) is 14.3. The smallest absolute Gasteiger partial charge is 0.309 e. The molecule has 1 aliphatic carbocycles. The average molecular weight is 234 g/mol. The number of carbonyl (C=O) groups is 1. The number of ether oxygens (including phenoxy) is 1. The van der Waals surface area contributed by atoms with Crippen LogP contribution in [-0.2, 0) is 9.53 Å². The van der Waals surface area contributed by atoms with E-state index >= 15 is 0 Å². The van der Waals surface area contributed by atoms with E-state index in [0.29, 0.717) is 11.8 Å². The van der Waals surface area contributed by atoms with Crippen molar-refractivity contribution in [1.82, 2.24) is 0 Å². The maximum absolute atomic E-state index is 11.6. The molecule has 0 radical (unpaired) electrons. The summed E-state index contributed by atoms with van der Waals surface area (Å²) in [7, 11) is 0. The van der Waals surface area contributed by atoms with E-state index in [4.69, 9.17) is 4.74 Å². The fourth-order valence-corrected chi connectivity index (χ4v) is 3.50. The van der Waals surface area contributed by atoms with Crippen molar-refractivity contribution in [1.29, 1.82) is 0 Å². The summed E-state index contributed by atoms with van der Waals surface area (Å²) < 4.78 is 5.49. The Morgan fingerprint density at radius 3 is 2.76 bits per heavy atom. The van der Waals surface area contributed by atoms with E-state index in [1.807, 2.05) is 13.0 Å². The molecule has 2 rings (SSSR count). The minimum absolute atomic E-state index is 0.0112. The Balaban J connectivity index is 2.29. The van der Waals surface area contributed by atoms with Gasteiger partial charge in [-0.2, -0.15) is 0 Å². The van der Waals surface area contributed by atoms with E-state index in [-0.39, 0.29) is 23.4 Å². The van der Waals surface area contributed by atoms with E-state index < -0.39 is 0 Å². The highest BCUT2D eigenvalue weighted by Crippen LogP contribution is 2.52. The maximum atomic E-state index is 11.6. The van der Waals surface area contributed by atoms with Gasteiger partial charge in [0.25, 0.3) is 0 Å². The van der Waals surface area contributed by atoms with Crippen molar-refractivity contribution >= 4 is 5.97 Å². The van der Waals surface area contributed by atoms with E-state index in [1.165, 1.54) is 5.57 Å². The van der Waals surface area contributed by atoms with Crippen molar-refractivity contribution in [2.45, 2.75) is 39.7 Å². The molecule has 0 unspecified atom stereocenters. The van der Waals surface area contributed by atoms with E-state index in [2.05, 4.69) is 27.0 Å². The average Bonchev–Trinajstić information content (AvgIpc) is 2.53. The fraction of sp³-hybridized carbons (Fsp3) is 0.667. The number of rotatable bonds is 2. The number of allylic oxidation sites excluding steroid dienone is 2. The summed E-state index contributed by atoms with van der Waals surface area (Å²) in [6, 6.07) is 0. The number of fused-ring (bicyclic) bond motifs is 1.